The zero-order valence-corrected chi connectivity index (χ0v) is 13.6. The van der Waals surface area contributed by atoms with Gasteiger partial charge in [0.05, 0.1) is 11.1 Å². The molecule has 0 bridgehead atoms. The molecule has 0 N–H and O–H groups in total. The fourth-order valence-electron chi connectivity index (χ4n) is 1.65. The third-order valence-corrected chi connectivity index (χ3v) is 3.47. The number of carbonyl (C=O) groups is 2. The molecule has 1 radical (unpaired) electrons. The Kier molecular flexibility index (Phi) is 5.76. The third kappa shape index (κ3) is 4.73. The van der Waals surface area contributed by atoms with Crippen molar-refractivity contribution in [3.8, 4) is 5.75 Å². The van der Waals surface area contributed by atoms with E-state index in [4.69, 9.17) is 9.47 Å². The molecule has 6 heteroatoms. The van der Waals surface area contributed by atoms with Gasteiger partial charge in [-0.05, 0) is 71.1 Å². The zero-order valence-electron chi connectivity index (χ0n) is 11.5. The van der Waals surface area contributed by atoms with Gasteiger partial charge in [-0.3, -0.25) is 0 Å². The highest BCUT2D eigenvalue weighted by Gasteiger charge is 2.09. The molecular formula is C16H12IO5. The van der Waals surface area contributed by atoms with E-state index < -0.39 is 11.9 Å². The first-order valence-corrected chi connectivity index (χ1v) is 7.51. The van der Waals surface area contributed by atoms with Gasteiger partial charge >= 0.3 is 11.9 Å². The van der Waals surface area contributed by atoms with Gasteiger partial charge in [-0.15, -0.1) is 0 Å². The summed E-state index contributed by atoms with van der Waals surface area (Å²) in [6, 6.07) is 12.9. The Morgan fingerprint density at radius 2 is 1.45 bits per heavy atom. The first kappa shape index (κ1) is 16.3. The molecule has 2 rings (SSSR count). The minimum atomic E-state index is -1.29. The van der Waals surface area contributed by atoms with Crippen LogP contribution >= 0.6 is 22.6 Å². The summed E-state index contributed by atoms with van der Waals surface area (Å²) >= 11 is 2.20. The molecule has 0 unspecified atom stereocenters. The molecule has 0 saturated heterocycles. The molecule has 0 heterocycles. The number of ether oxygens (including phenoxy) is 2. The van der Waals surface area contributed by atoms with Crippen LogP contribution in [0.1, 0.15) is 20.7 Å². The molecule has 0 aliphatic heterocycles. The lowest BCUT2D eigenvalue weighted by molar-refractivity contribution is 0.0448. The van der Waals surface area contributed by atoms with Crippen molar-refractivity contribution < 1.29 is 24.2 Å². The number of esters is 1. The van der Waals surface area contributed by atoms with E-state index in [1.165, 1.54) is 24.3 Å². The molecule has 113 valence electrons. The molecule has 0 saturated carbocycles. The quantitative estimate of drug-likeness (QED) is 0.416. The highest BCUT2D eigenvalue weighted by atomic mass is 127. The molecule has 0 fully saturated rings. The highest BCUT2D eigenvalue weighted by Crippen LogP contribution is 2.13. The molecule has 22 heavy (non-hydrogen) atoms. The molecule has 0 amide bonds. The predicted octanol–water partition coefficient (Wildman–Crippen LogP) is 3.10. The summed E-state index contributed by atoms with van der Waals surface area (Å²) in [5.74, 6) is -1.11. The Morgan fingerprint density at radius 1 is 0.864 bits per heavy atom. The molecule has 0 aliphatic rings. The van der Waals surface area contributed by atoms with Crippen molar-refractivity contribution in [2.24, 2.45) is 0 Å². The zero-order chi connectivity index (χ0) is 15.9. The summed E-state index contributed by atoms with van der Waals surface area (Å²) < 4.78 is 11.6. The van der Waals surface area contributed by atoms with Crippen LogP contribution in [-0.4, -0.2) is 25.2 Å². The first-order chi connectivity index (χ1) is 10.6. The van der Waals surface area contributed by atoms with Gasteiger partial charge in [0.15, 0.2) is 0 Å². The maximum atomic E-state index is 11.7. The van der Waals surface area contributed by atoms with Crippen molar-refractivity contribution in [3.05, 3.63) is 63.2 Å². The summed E-state index contributed by atoms with van der Waals surface area (Å²) in [5, 5.41) is 10.6. The molecular weight excluding hydrogens is 399 g/mol. The number of hydrogen-bond acceptors (Lipinski definition) is 4. The van der Waals surface area contributed by atoms with Crippen molar-refractivity contribution in [2.75, 3.05) is 13.2 Å². The van der Waals surface area contributed by atoms with Crippen molar-refractivity contribution in [2.45, 2.75) is 0 Å². The lowest BCUT2D eigenvalue weighted by atomic mass is 10.1. The summed E-state index contributed by atoms with van der Waals surface area (Å²) in [5.41, 5.74) is 0.290. The largest absolute Gasteiger partial charge is 0.490 e. The van der Waals surface area contributed by atoms with Crippen LogP contribution < -0.4 is 4.74 Å². The fraction of sp³-hybridized carbons (Fsp3) is 0.125. The van der Waals surface area contributed by atoms with Crippen molar-refractivity contribution in [3.63, 3.8) is 0 Å². The summed E-state index contributed by atoms with van der Waals surface area (Å²) in [7, 11) is 0. The third-order valence-electron chi connectivity index (χ3n) is 2.76. The number of benzene rings is 2. The van der Waals surface area contributed by atoms with Crippen molar-refractivity contribution in [1.82, 2.24) is 0 Å². The first-order valence-electron chi connectivity index (χ1n) is 6.43. The SMILES string of the molecule is [O]C(=O)c1ccc(C(=O)OCCOc2ccc(I)cc2)cc1. The minimum absolute atomic E-state index is 0.0126. The Balaban J connectivity index is 1.77. The van der Waals surface area contributed by atoms with Gasteiger partial charge in [-0.25, -0.2) is 14.7 Å². The van der Waals surface area contributed by atoms with E-state index in [0.717, 1.165) is 3.57 Å². The van der Waals surface area contributed by atoms with E-state index in [1.807, 2.05) is 24.3 Å². The number of hydrogen-bond donors (Lipinski definition) is 0. The van der Waals surface area contributed by atoms with Gasteiger partial charge in [0, 0.05) is 3.57 Å². The fourth-order valence-corrected chi connectivity index (χ4v) is 2.01. The molecule has 2 aromatic carbocycles. The molecule has 0 aliphatic carbocycles. The Hall–Kier alpha value is -2.09. The number of halogens is 1. The summed E-state index contributed by atoms with van der Waals surface area (Å²) in [6.45, 7) is 0.344. The van der Waals surface area contributed by atoms with Crippen LogP contribution in [0.3, 0.4) is 0 Å². The van der Waals surface area contributed by atoms with Crippen molar-refractivity contribution >= 4 is 34.5 Å². The second-order valence-corrected chi connectivity index (χ2v) is 5.55. The van der Waals surface area contributed by atoms with Crippen LogP contribution in [-0.2, 0) is 9.84 Å². The Bertz CT molecular complexity index is 649. The predicted molar refractivity (Wildman–Crippen MR) is 86.4 cm³/mol. The smallest absolute Gasteiger partial charge is 0.386 e. The van der Waals surface area contributed by atoms with Crippen LogP contribution in [0.4, 0.5) is 0 Å². The van der Waals surface area contributed by atoms with Gasteiger partial charge in [-0.2, -0.15) is 0 Å². The average molecular weight is 411 g/mol. The standard InChI is InChI=1S/C16H12IO5/c17-13-5-7-14(8-6-13)21-9-10-22-16(20)12-3-1-11(2-4-12)15(18)19/h1-8H,9-10H2. The van der Waals surface area contributed by atoms with Crippen LogP contribution in [0.25, 0.3) is 0 Å². The topological polar surface area (TPSA) is 72.5 Å². The van der Waals surface area contributed by atoms with E-state index in [2.05, 4.69) is 22.6 Å². The van der Waals surface area contributed by atoms with Crippen molar-refractivity contribution in [1.29, 1.82) is 0 Å². The molecule has 5 nitrogen and oxygen atoms in total. The van der Waals surface area contributed by atoms with E-state index in [0.29, 0.717) is 5.75 Å². The van der Waals surface area contributed by atoms with Gasteiger partial charge in [0.2, 0.25) is 0 Å². The molecule has 2 aromatic rings. The maximum Gasteiger partial charge on any atom is 0.386 e. The van der Waals surface area contributed by atoms with E-state index in [-0.39, 0.29) is 24.3 Å². The second kappa shape index (κ2) is 7.79. The van der Waals surface area contributed by atoms with Crippen LogP contribution in [0.15, 0.2) is 48.5 Å². The lowest BCUT2D eigenvalue weighted by Crippen LogP contribution is -2.12. The summed E-state index contributed by atoms with van der Waals surface area (Å²) in [6.07, 6.45) is 0. The van der Waals surface area contributed by atoms with E-state index in [1.54, 1.807) is 0 Å². The van der Waals surface area contributed by atoms with Crippen LogP contribution in [0.5, 0.6) is 5.75 Å². The van der Waals surface area contributed by atoms with Gasteiger partial charge in [-0.1, -0.05) is 0 Å². The molecule has 0 aromatic heterocycles. The minimum Gasteiger partial charge on any atom is -0.490 e. The Morgan fingerprint density at radius 3 is 2.05 bits per heavy atom. The van der Waals surface area contributed by atoms with E-state index in [9.17, 15) is 14.7 Å². The van der Waals surface area contributed by atoms with Gasteiger partial charge < -0.3 is 9.47 Å². The maximum absolute atomic E-state index is 11.7. The van der Waals surface area contributed by atoms with Gasteiger partial charge in [0.1, 0.15) is 19.0 Å². The highest BCUT2D eigenvalue weighted by molar-refractivity contribution is 14.1. The molecule has 0 spiro atoms. The summed E-state index contributed by atoms with van der Waals surface area (Å²) in [4.78, 5) is 22.3. The monoisotopic (exact) mass is 411 g/mol. The number of rotatable bonds is 6. The average Bonchev–Trinajstić information content (AvgIpc) is 2.53. The Labute approximate surface area is 141 Å². The van der Waals surface area contributed by atoms with Crippen LogP contribution in [0.2, 0.25) is 0 Å². The molecule has 0 atom stereocenters. The number of carbonyl (C=O) groups excluding carboxylic acids is 2. The van der Waals surface area contributed by atoms with E-state index >= 15 is 0 Å². The van der Waals surface area contributed by atoms with Gasteiger partial charge in [0.25, 0.3) is 0 Å². The lowest BCUT2D eigenvalue weighted by Gasteiger charge is -2.07. The normalized spacial score (nSPS) is 10.0. The van der Waals surface area contributed by atoms with Crippen LogP contribution in [0, 0.1) is 3.57 Å². The second-order valence-electron chi connectivity index (χ2n) is 4.30.